The summed E-state index contributed by atoms with van der Waals surface area (Å²) in [5.74, 6) is 0.0197. The highest BCUT2D eigenvalue weighted by molar-refractivity contribution is 7.12. The molecule has 5 rings (SSSR count). The van der Waals surface area contributed by atoms with E-state index in [9.17, 15) is 9.59 Å². The molecule has 6 heteroatoms. The third-order valence-electron chi connectivity index (χ3n) is 7.21. The van der Waals surface area contributed by atoms with Crippen LogP contribution in [0.5, 0.6) is 0 Å². The van der Waals surface area contributed by atoms with Gasteiger partial charge < -0.3 is 14.7 Å². The van der Waals surface area contributed by atoms with E-state index in [1.165, 1.54) is 28.2 Å². The molecule has 2 aromatic carbocycles. The topological polar surface area (TPSA) is 43.9 Å². The third-order valence-corrected chi connectivity index (χ3v) is 8.07. The van der Waals surface area contributed by atoms with Crippen LogP contribution in [-0.2, 0) is 4.79 Å². The van der Waals surface area contributed by atoms with Crippen molar-refractivity contribution in [3.63, 3.8) is 0 Å². The van der Waals surface area contributed by atoms with Crippen LogP contribution in [0.1, 0.15) is 32.3 Å². The normalized spacial score (nSPS) is 20.6. The van der Waals surface area contributed by atoms with Crippen LogP contribution in [0.3, 0.4) is 0 Å². The van der Waals surface area contributed by atoms with Gasteiger partial charge in [0, 0.05) is 50.9 Å². The first-order valence-corrected chi connectivity index (χ1v) is 12.9. The van der Waals surface area contributed by atoms with Crippen LogP contribution in [0.25, 0.3) is 0 Å². The molecule has 0 radical (unpaired) electrons. The van der Waals surface area contributed by atoms with Gasteiger partial charge in [-0.25, -0.2) is 0 Å². The summed E-state index contributed by atoms with van der Waals surface area (Å²) in [6, 6.07) is 20.6. The monoisotopic (exact) mass is 473 g/mol. The second-order valence-electron chi connectivity index (χ2n) is 9.41. The molecular weight excluding hydrogens is 442 g/mol. The molecule has 0 N–H and O–H groups in total. The number of carbonyl (C=O) groups is 2. The minimum Gasteiger partial charge on any atom is -0.368 e. The molecule has 1 aromatic heterocycles. The molecule has 3 aromatic rings. The highest BCUT2D eigenvalue weighted by Gasteiger charge is 2.42. The number of hydrogen-bond acceptors (Lipinski definition) is 4. The van der Waals surface area contributed by atoms with Crippen LogP contribution in [0.4, 0.5) is 5.69 Å². The number of benzene rings is 2. The van der Waals surface area contributed by atoms with Gasteiger partial charge >= 0.3 is 0 Å². The molecule has 2 fully saturated rings. The summed E-state index contributed by atoms with van der Waals surface area (Å²) >= 11 is 1.46. The van der Waals surface area contributed by atoms with Gasteiger partial charge in [-0.1, -0.05) is 54.1 Å². The molecule has 5 nitrogen and oxygen atoms in total. The average Bonchev–Trinajstić information content (AvgIpc) is 3.55. The Morgan fingerprint density at radius 1 is 0.824 bits per heavy atom. The number of thiophene rings is 1. The molecule has 2 aliphatic rings. The Kier molecular flexibility index (Phi) is 6.42. The summed E-state index contributed by atoms with van der Waals surface area (Å²) in [5, 5.41) is 1.93. The maximum atomic E-state index is 13.8. The number of aryl methyl sites for hydroxylation is 2. The third kappa shape index (κ3) is 4.47. The molecule has 0 unspecified atom stereocenters. The van der Waals surface area contributed by atoms with Gasteiger partial charge in [-0.3, -0.25) is 9.59 Å². The number of piperazine rings is 1. The van der Waals surface area contributed by atoms with E-state index in [0.29, 0.717) is 26.2 Å². The lowest BCUT2D eigenvalue weighted by Crippen LogP contribution is -2.51. The predicted molar refractivity (Wildman–Crippen MR) is 138 cm³/mol. The molecule has 3 heterocycles. The Labute approximate surface area is 205 Å². The van der Waals surface area contributed by atoms with Crippen LogP contribution >= 0.6 is 11.3 Å². The number of rotatable bonds is 4. The Balaban J connectivity index is 1.33. The minimum atomic E-state index is -0.211. The molecule has 2 amide bonds. The van der Waals surface area contributed by atoms with E-state index in [-0.39, 0.29) is 23.7 Å². The fourth-order valence-electron chi connectivity index (χ4n) is 5.25. The van der Waals surface area contributed by atoms with Gasteiger partial charge in [-0.2, -0.15) is 0 Å². The Morgan fingerprint density at radius 2 is 1.56 bits per heavy atom. The highest BCUT2D eigenvalue weighted by Crippen LogP contribution is 2.36. The van der Waals surface area contributed by atoms with E-state index in [4.69, 9.17) is 0 Å². The Hall–Kier alpha value is -3.12. The van der Waals surface area contributed by atoms with Crippen molar-refractivity contribution in [3.05, 3.63) is 87.6 Å². The van der Waals surface area contributed by atoms with Crippen LogP contribution in [-0.4, -0.2) is 60.9 Å². The molecular formula is C28H31N3O2S. The molecule has 2 saturated heterocycles. The van der Waals surface area contributed by atoms with Crippen molar-refractivity contribution < 1.29 is 9.59 Å². The van der Waals surface area contributed by atoms with E-state index in [1.54, 1.807) is 0 Å². The van der Waals surface area contributed by atoms with Crippen molar-refractivity contribution in [1.82, 2.24) is 9.80 Å². The van der Waals surface area contributed by atoms with Crippen molar-refractivity contribution in [2.24, 2.45) is 5.92 Å². The first-order chi connectivity index (χ1) is 16.5. The predicted octanol–water partition coefficient (Wildman–Crippen LogP) is 4.57. The average molecular weight is 474 g/mol. The quantitative estimate of drug-likeness (QED) is 0.558. The standard InChI is InChI=1S/C28H31N3O2S/c1-20-9-11-22(12-10-20)23-18-31(28(33)26-8-5-17-34-26)19-24(23)27(32)30-15-13-29(14-16-30)25-7-4-3-6-21(25)2/h3-12,17,23-24H,13-16,18-19H2,1-2H3/t23-,24-/m0/s1. The van der Waals surface area contributed by atoms with E-state index in [0.717, 1.165) is 23.5 Å². The Bertz CT molecular complexity index is 1150. The van der Waals surface area contributed by atoms with Crippen molar-refractivity contribution >= 4 is 28.8 Å². The lowest BCUT2D eigenvalue weighted by molar-refractivity contribution is -0.135. The van der Waals surface area contributed by atoms with E-state index in [2.05, 4.69) is 67.3 Å². The van der Waals surface area contributed by atoms with Gasteiger partial charge in [0.15, 0.2) is 0 Å². The summed E-state index contributed by atoms with van der Waals surface area (Å²) in [7, 11) is 0. The molecule has 0 saturated carbocycles. The summed E-state index contributed by atoms with van der Waals surface area (Å²) < 4.78 is 0. The zero-order chi connectivity index (χ0) is 23.7. The van der Waals surface area contributed by atoms with Gasteiger partial charge in [0.05, 0.1) is 10.8 Å². The number of hydrogen-bond donors (Lipinski definition) is 0. The highest BCUT2D eigenvalue weighted by atomic mass is 32.1. The Morgan fingerprint density at radius 3 is 2.24 bits per heavy atom. The van der Waals surface area contributed by atoms with Crippen molar-refractivity contribution in [2.75, 3.05) is 44.2 Å². The minimum absolute atomic E-state index is 0.0198. The zero-order valence-electron chi connectivity index (χ0n) is 19.8. The van der Waals surface area contributed by atoms with E-state index >= 15 is 0 Å². The number of para-hydroxylation sites is 1. The second-order valence-corrected chi connectivity index (χ2v) is 10.4. The first-order valence-electron chi connectivity index (χ1n) is 12.0. The fraction of sp³-hybridized carbons (Fsp3) is 0.357. The van der Waals surface area contributed by atoms with Crippen LogP contribution in [0.2, 0.25) is 0 Å². The number of amides is 2. The van der Waals surface area contributed by atoms with Gasteiger partial charge in [-0.15, -0.1) is 11.3 Å². The van der Waals surface area contributed by atoms with Gasteiger partial charge in [0.1, 0.15) is 0 Å². The molecule has 176 valence electrons. The first kappa shape index (κ1) is 22.7. The number of nitrogens with zero attached hydrogens (tertiary/aromatic N) is 3. The molecule has 0 aliphatic carbocycles. The van der Waals surface area contributed by atoms with Crippen molar-refractivity contribution in [2.45, 2.75) is 19.8 Å². The van der Waals surface area contributed by atoms with Crippen LogP contribution < -0.4 is 4.90 Å². The van der Waals surface area contributed by atoms with Crippen molar-refractivity contribution in [1.29, 1.82) is 0 Å². The lowest BCUT2D eigenvalue weighted by atomic mass is 9.87. The number of likely N-dealkylation sites (tertiary alicyclic amines) is 1. The smallest absolute Gasteiger partial charge is 0.263 e. The second kappa shape index (κ2) is 9.63. The van der Waals surface area contributed by atoms with Crippen LogP contribution in [0.15, 0.2) is 66.0 Å². The maximum absolute atomic E-state index is 13.8. The zero-order valence-corrected chi connectivity index (χ0v) is 20.6. The molecule has 34 heavy (non-hydrogen) atoms. The summed E-state index contributed by atoms with van der Waals surface area (Å²) in [6.07, 6.45) is 0. The van der Waals surface area contributed by atoms with E-state index < -0.39 is 0 Å². The maximum Gasteiger partial charge on any atom is 0.263 e. The number of anilines is 1. The van der Waals surface area contributed by atoms with Gasteiger partial charge in [0.2, 0.25) is 5.91 Å². The van der Waals surface area contributed by atoms with Crippen LogP contribution in [0, 0.1) is 19.8 Å². The van der Waals surface area contributed by atoms with Gasteiger partial charge in [0.25, 0.3) is 5.91 Å². The molecule has 2 atom stereocenters. The fourth-order valence-corrected chi connectivity index (χ4v) is 5.94. The van der Waals surface area contributed by atoms with Crippen molar-refractivity contribution in [3.8, 4) is 0 Å². The molecule has 0 spiro atoms. The SMILES string of the molecule is Cc1ccc([C@@H]2CN(C(=O)c3cccs3)C[C@@H]2C(=O)N2CCN(c3ccccc3C)CC2)cc1. The molecule has 0 bridgehead atoms. The summed E-state index contributed by atoms with van der Waals surface area (Å²) in [6.45, 7) is 8.35. The lowest BCUT2D eigenvalue weighted by Gasteiger charge is -2.38. The summed E-state index contributed by atoms with van der Waals surface area (Å²) in [4.78, 5) is 33.9. The number of carbonyl (C=O) groups excluding carboxylic acids is 2. The van der Waals surface area contributed by atoms with Gasteiger partial charge in [-0.05, 0) is 42.5 Å². The van der Waals surface area contributed by atoms with E-state index in [1.807, 2.05) is 27.3 Å². The largest absolute Gasteiger partial charge is 0.368 e. The molecule has 2 aliphatic heterocycles. The summed E-state index contributed by atoms with van der Waals surface area (Å²) in [5.41, 5.74) is 4.85.